The predicted octanol–water partition coefficient (Wildman–Crippen LogP) is 4.92. The van der Waals surface area contributed by atoms with Gasteiger partial charge in [-0.05, 0) is 24.5 Å². The van der Waals surface area contributed by atoms with E-state index in [1.165, 1.54) is 6.07 Å². The summed E-state index contributed by atoms with van der Waals surface area (Å²) in [5.41, 5.74) is 2.91. The van der Waals surface area contributed by atoms with Crippen LogP contribution in [-0.2, 0) is 0 Å². The van der Waals surface area contributed by atoms with E-state index in [2.05, 4.69) is 4.98 Å². The molecule has 0 aliphatic rings. The van der Waals surface area contributed by atoms with Gasteiger partial charge in [-0.25, -0.2) is 4.98 Å². The normalized spacial score (nSPS) is 12.5. The maximum Gasteiger partial charge on any atom is 0.272 e. The van der Waals surface area contributed by atoms with Crippen molar-refractivity contribution < 1.29 is 9.34 Å². The van der Waals surface area contributed by atoms with E-state index < -0.39 is 0 Å². The lowest BCUT2D eigenvalue weighted by molar-refractivity contribution is -0.384. The first-order chi connectivity index (χ1) is 10.6. The number of aromatic nitrogens is 1. The summed E-state index contributed by atoms with van der Waals surface area (Å²) in [4.78, 5) is 15.2. The Bertz CT molecular complexity index is 825. The predicted molar refractivity (Wildman–Crippen MR) is 84.8 cm³/mol. The average Bonchev–Trinajstić information content (AvgIpc) is 2.98. The van der Waals surface area contributed by atoms with Crippen molar-refractivity contribution in [2.75, 3.05) is 0 Å². The van der Waals surface area contributed by atoms with Gasteiger partial charge in [0.05, 0.1) is 4.92 Å². The SMILES string of the molecule is CCC(C)c1cc([N+](=O)[O-])cc2nc(-c3ccccc3)oc12. The van der Waals surface area contributed by atoms with Gasteiger partial charge < -0.3 is 4.42 Å². The molecule has 0 amide bonds. The van der Waals surface area contributed by atoms with Crippen LogP contribution < -0.4 is 0 Å². The molecule has 0 saturated carbocycles. The second-order valence-electron chi connectivity index (χ2n) is 5.33. The molecule has 0 aliphatic carbocycles. The summed E-state index contributed by atoms with van der Waals surface area (Å²) in [6, 6.07) is 12.6. The molecule has 1 atom stereocenters. The largest absolute Gasteiger partial charge is 0.436 e. The number of fused-ring (bicyclic) bond motifs is 1. The van der Waals surface area contributed by atoms with E-state index in [9.17, 15) is 10.1 Å². The van der Waals surface area contributed by atoms with Crippen molar-refractivity contribution in [1.29, 1.82) is 0 Å². The van der Waals surface area contributed by atoms with E-state index >= 15 is 0 Å². The minimum Gasteiger partial charge on any atom is -0.436 e. The highest BCUT2D eigenvalue weighted by atomic mass is 16.6. The molecule has 5 nitrogen and oxygen atoms in total. The number of oxazole rings is 1. The Balaban J connectivity index is 2.23. The highest BCUT2D eigenvalue weighted by Crippen LogP contribution is 2.34. The Hall–Kier alpha value is -2.69. The van der Waals surface area contributed by atoms with Gasteiger partial charge in [-0.2, -0.15) is 0 Å². The number of non-ortho nitro benzene ring substituents is 1. The third-order valence-corrected chi connectivity index (χ3v) is 3.88. The highest BCUT2D eigenvalue weighted by Gasteiger charge is 2.20. The standard InChI is InChI=1S/C17H16N2O3/c1-3-11(2)14-9-13(19(20)21)10-15-16(14)22-17(18-15)12-7-5-4-6-8-12/h4-11H,3H2,1-2H3. The van der Waals surface area contributed by atoms with E-state index in [0.717, 1.165) is 17.5 Å². The highest BCUT2D eigenvalue weighted by molar-refractivity contribution is 5.82. The minimum atomic E-state index is -0.387. The van der Waals surface area contributed by atoms with Gasteiger partial charge in [-0.15, -0.1) is 0 Å². The zero-order valence-corrected chi connectivity index (χ0v) is 12.4. The van der Waals surface area contributed by atoms with E-state index in [1.54, 1.807) is 6.07 Å². The van der Waals surface area contributed by atoms with Crippen LogP contribution in [0.2, 0.25) is 0 Å². The molecule has 112 valence electrons. The van der Waals surface area contributed by atoms with Gasteiger partial charge >= 0.3 is 0 Å². The molecule has 0 saturated heterocycles. The molecule has 5 heteroatoms. The van der Waals surface area contributed by atoms with Gasteiger partial charge in [0.1, 0.15) is 5.52 Å². The zero-order chi connectivity index (χ0) is 15.7. The summed E-state index contributed by atoms with van der Waals surface area (Å²) < 4.78 is 5.91. The van der Waals surface area contributed by atoms with Crippen molar-refractivity contribution in [2.24, 2.45) is 0 Å². The van der Waals surface area contributed by atoms with Crippen LogP contribution in [0.15, 0.2) is 46.9 Å². The van der Waals surface area contributed by atoms with Gasteiger partial charge in [-0.1, -0.05) is 32.0 Å². The molecule has 0 bridgehead atoms. The van der Waals surface area contributed by atoms with Crippen molar-refractivity contribution in [3.8, 4) is 11.5 Å². The molecule has 22 heavy (non-hydrogen) atoms. The third-order valence-electron chi connectivity index (χ3n) is 3.88. The van der Waals surface area contributed by atoms with Crippen LogP contribution >= 0.6 is 0 Å². The van der Waals surface area contributed by atoms with E-state index in [0.29, 0.717) is 17.0 Å². The number of nitrogens with zero attached hydrogens (tertiary/aromatic N) is 2. The summed E-state index contributed by atoms with van der Waals surface area (Å²) in [5.74, 6) is 0.652. The van der Waals surface area contributed by atoms with Crippen LogP contribution in [-0.4, -0.2) is 9.91 Å². The van der Waals surface area contributed by atoms with Crippen LogP contribution in [0.3, 0.4) is 0 Å². The number of nitro groups is 1. The molecule has 0 spiro atoms. The number of hydrogen-bond donors (Lipinski definition) is 0. The van der Waals surface area contributed by atoms with Crippen LogP contribution in [0.1, 0.15) is 31.7 Å². The lowest BCUT2D eigenvalue weighted by Crippen LogP contribution is -1.95. The molecule has 3 aromatic rings. The summed E-state index contributed by atoms with van der Waals surface area (Å²) in [7, 11) is 0. The molecule has 3 rings (SSSR count). The van der Waals surface area contributed by atoms with Crippen molar-refractivity contribution in [1.82, 2.24) is 4.98 Å². The smallest absolute Gasteiger partial charge is 0.272 e. The lowest BCUT2D eigenvalue weighted by atomic mass is 9.97. The van der Waals surface area contributed by atoms with Crippen LogP contribution in [0.5, 0.6) is 0 Å². The Morgan fingerprint density at radius 2 is 2.00 bits per heavy atom. The number of nitro benzene ring substituents is 1. The monoisotopic (exact) mass is 296 g/mol. The first-order valence-corrected chi connectivity index (χ1v) is 7.24. The Labute approximate surface area is 127 Å². The number of hydrogen-bond acceptors (Lipinski definition) is 4. The molecular formula is C17H16N2O3. The van der Waals surface area contributed by atoms with Gasteiger partial charge in [-0.3, -0.25) is 10.1 Å². The lowest BCUT2D eigenvalue weighted by Gasteiger charge is -2.08. The molecule has 1 aromatic heterocycles. The molecule has 2 aromatic carbocycles. The topological polar surface area (TPSA) is 69.2 Å². The van der Waals surface area contributed by atoms with Gasteiger partial charge in [0.2, 0.25) is 5.89 Å². The summed E-state index contributed by atoms with van der Waals surface area (Å²) in [5, 5.41) is 11.1. The first-order valence-electron chi connectivity index (χ1n) is 7.24. The quantitative estimate of drug-likeness (QED) is 0.506. The molecule has 0 aliphatic heterocycles. The maximum absolute atomic E-state index is 11.1. The molecule has 0 fully saturated rings. The van der Waals surface area contributed by atoms with E-state index in [-0.39, 0.29) is 16.5 Å². The van der Waals surface area contributed by atoms with Crippen LogP contribution in [0.4, 0.5) is 5.69 Å². The second-order valence-corrected chi connectivity index (χ2v) is 5.33. The Morgan fingerprint density at radius 3 is 2.64 bits per heavy atom. The van der Waals surface area contributed by atoms with Gasteiger partial charge in [0, 0.05) is 23.3 Å². The van der Waals surface area contributed by atoms with E-state index in [4.69, 9.17) is 4.42 Å². The van der Waals surface area contributed by atoms with Crippen LogP contribution in [0.25, 0.3) is 22.6 Å². The fourth-order valence-electron chi connectivity index (χ4n) is 2.44. The summed E-state index contributed by atoms with van der Waals surface area (Å²) in [6.45, 7) is 4.08. The van der Waals surface area contributed by atoms with Crippen molar-refractivity contribution in [2.45, 2.75) is 26.2 Å². The second kappa shape index (κ2) is 5.60. The third kappa shape index (κ3) is 2.45. The maximum atomic E-state index is 11.1. The zero-order valence-electron chi connectivity index (χ0n) is 12.4. The Kier molecular flexibility index (Phi) is 3.63. The fourth-order valence-corrected chi connectivity index (χ4v) is 2.44. The number of benzene rings is 2. The van der Waals surface area contributed by atoms with E-state index in [1.807, 2.05) is 44.2 Å². The molecule has 0 N–H and O–H groups in total. The fraction of sp³-hybridized carbons (Fsp3) is 0.235. The van der Waals surface area contributed by atoms with Crippen molar-refractivity contribution in [3.63, 3.8) is 0 Å². The number of rotatable bonds is 4. The summed E-state index contributed by atoms with van der Waals surface area (Å²) >= 11 is 0. The molecule has 1 unspecified atom stereocenters. The van der Waals surface area contributed by atoms with Crippen LogP contribution in [0, 0.1) is 10.1 Å². The van der Waals surface area contributed by atoms with Crippen molar-refractivity contribution >= 4 is 16.8 Å². The van der Waals surface area contributed by atoms with Gasteiger partial charge in [0.25, 0.3) is 5.69 Å². The summed E-state index contributed by atoms with van der Waals surface area (Å²) in [6.07, 6.45) is 0.873. The molecular weight excluding hydrogens is 280 g/mol. The molecule has 0 radical (unpaired) electrons. The average molecular weight is 296 g/mol. The minimum absolute atomic E-state index is 0.0516. The molecule has 1 heterocycles. The first kappa shape index (κ1) is 14.3. The van der Waals surface area contributed by atoms with Gasteiger partial charge in [0.15, 0.2) is 5.58 Å². The Morgan fingerprint density at radius 1 is 1.27 bits per heavy atom. The van der Waals surface area contributed by atoms with Crippen molar-refractivity contribution in [3.05, 3.63) is 58.1 Å².